The number of ether oxygens (including phenoxy) is 2. The van der Waals surface area contributed by atoms with Crippen LogP contribution in [0.2, 0.25) is 0 Å². The van der Waals surface area contributed by atoms with E-state index in [9.17, 15) is 4.79 Å². The minimum absolute atomic E-state index is 0.0311. The van der Waals surface area contributed by atoms with Crippen molar-refractivity contribution in [1.29, 1.82) is 0 Å². The van der Waals surface area contributed by atoms with Crippen molar-refractivity contribution in [1.82, 2.24) is 0 Å². The Bertz CT molecular complexity index is 399. The zero-order valence-electron chi connectivity index (χ0n) is 25.3. The first kappa shape index (κ1) is 35.3. The van der Waals surface area contributed by atoms with Crippen LogP contribution in [0.3, 0.4) is 0 Å². The molecule has 0 rings (SSSR count). The Kier molecular flexibility index (Phi) is 28.3. The van der Waals surface area contributed by atoms with Gasteiger partial charge in [-0.05, 0) is 51.4 Å². The second kappa shape index (κ2) is 28.8. The van der Waals surface area contributed by atoms with Crippen molar-refractivity contribution in [2.24, 2.45) is 0 Å². The van der Waals surface area contributed by atoms with Crippen LogP contribution in [0.1, 0.15) is 195 Å². The van der Waals surface area contributed by atoms with E-state index in [-0.39, 0.29) is 12.2 Å². The van der Waals surface area contributed by atoms with Crippen molar-refractivity contribution < 1.29 is 14.3 Å². The van der Waals surface area contributed by atoms with Crippen molar-refractivity contribution >= 4 is 6.16 Å². The van der Waals surface area contributed by atoms with Crippen LogP contribution in [0.25, 0.3) is 0 Å². The average Bonchev–Trinajstić information content (AvgIpc) is 2.87. The first-order chi connectivity index (χ1) is 17.7. The molecule has 0 N–H and O–H groups in total. The van der Waals surface area contributed by atoms with E-state index in [0.29, 0.717) is 0 Å². The van der Waals surface area contributed by atoms with Crippen LogP contribution in [0.4, 0.5) is 4.79 Å². The highest BCUT2D eigenvalue weighted by Crippen LogP contribution is 2.20. The van der Waals surface area contributed by atoms with E-state index >= 15 is 0 Å². The molecule has 0 amide bonds. The molecule has 0 aromatic heterocycles. The summed E-state index contributed by atoms with van der Waals surface area (Å²) < 4.78 is 11.8. The Balaban J connectivity index is 4.39. The van der Waals surface area contributed by atoms with E-state index in [1.807, 2.05) is 0 Å². The first-order valence-electron chi connectivity index (χ1n) is 16.5. The van der Waals surface area contributed by atoms with Gasteiger partial charge in [0.05, 0.1) is 0 Å². The van der Waals surface area contributed by atoms with Crippen LogP contribution in [0, 0.1) is 0 Å². The van der Waals surface area contributed by atoms with Gasteiger partial charge in [-0.15, -0.1) is 0 Å². The van der Waals surface area contributed by atoms with Gasteiger partial charge in [-0.3, -0.25) is 0 Å². The Morgan fingerprint density at radius 1 is 0.389 bits per heavy atom. The summed E-state index contributed by atoms with van der Waals surface area (Å²) in [6, 6.07) is 0. The van der Waals surface area contributed by atoms with E-state index in [4.69, 9.17) is 9.47 Å². The van der Waals surface area contributed by atoms with Crippen molar-refractivity contribution in [2.45, 2.75) is 207 Å². The van der Waals surface area contributed by atoms with Crippen LogP contribution in [0.5, 0.6) is 0 Å². The topological polar surface area (TPSA) is 35.5 Å². The van der Waals surface area contributed by atoms with E-state index in [2.05, 4.69) is 27.7 Å². The molecule has 216 valence electrons. The van der Waals surface area contributed by atoms with E-state index < -0.39 is 6.16 Å². The number of hydrogen-bond donors (Lipinski definition) is 0. The maximum atomic E-state index is 12.8. The molecule has 36 heavy (non-hydrogen) atoms. The fourth-order valence-corrected chi connectivity index (χ4v) is 5.08. The Morgan fingerprint density at radius 2 is 0.611 bits per heavy atom. The zero-order valence-corrected chi connectivity index (χ0v) is 25.3. The number of hydrogen-bond acceptors (Lipinski definition) is 3. The minimum atomic E-state index is -0.405. The van der Waals surface area contributed by atoms with Gasteiger partial charge in [0, 0.05) is 0 Å². The molecule has 3 heteroatoms. The molecule has 0 saturated heterocycles. The maximum Gasteiger partial charge on any atom is 0.508 e. The smallest absolute Gasteiger partial charge is 0.431 e. The summed E-state index contributed by atoms with van der Waals surface area (Å²) in [7, 11) is 0. The average molecular weight is 511 g/mol. The third kappa shape index (κ3) is 24.9. The second-order valence-electron chi connectivity index (χ2n) is 11.2. The summed E-state index contributed by atoms with van der Waals surface area (Å²) in [5.74, 6) is 0. The van der Waals surface area contributed by atoms with Crippen molar-refractivity contribution in [3.8, 4) is 0 Å². The molecule has 0 fully saturated rings. The molecule has 0 spiro atoms. The van der Waals surface area contributed by atoms with Gasteiger partial charge in [-0.2, -0.15) is 0 Å². The van der Waals surface area contributed by atoms with E-state index in [0.717, 1.165) is 51.4 Å². The third-order valence-electron chi connectivity index (χ3n) is 7.54. The van der Waals surface area contributed by atoms with E-state index in [1.165, 1.54) is 116 Å². The van der Waals surface area contributed by atoms with Gasteiger partial charge in [0.15, 0.2) is 0 Å². The maximum absolute atomic E-state index is 12.8. The Labute approximate surface area is 227 Å². The molecule has 0 aromatic rings. The van der Waals surface area contributed by atoms with Gasteiger partial charge in [-0.1, -0.05) is 143 Å². The summed E-state index contributed by atoms with van der Waals surface area (Å²) in [5, 5.41) is 0. The SMILES string of the molecule is CCCCCCCCCCC(CCCCC)OC(=O)OC(CCCCC)CCCCCCCCCC. The van der Waals surface area contributed by atoms with Crippen LogP contribution in [0.15, 0.2) is 0 Å². The standard InChI is InChI=1S/C33H66O3/c1-5-9-13-15-17-19-21-25-29-31(27-23-11-7-3)35-33(34)36-32(28-24-12-8-4)30-26-22-20-18-16-14-10-6-2/h31-32H,5-30H2,1-4H3. The molecule has 0 radical (unpaired) electrons. The molecular formula is C33H66O3. The molecule has 0 aromatic carbocycles. The van der Waals surface area contributed by atoms with Gasteiger partial charge in [0.1, 0.15) is 12.2 Å². The lowest BCUT2D eigenvalue weighted by atomic mass is 10.0. The second-order valence-corrected chi connectivity index (χ2v) is 11.2. The molecule has 0 bridgehead atoms. The highest BCUT2D eigenvalue weighted by atomic mass is 16.7. The van der Waals surface area contributed by atoms with Crippen LogP contribution in [-0.2, 0) is 9.47 Å². The highest BCUT2D eigenvalue weighted by Gasteiger charge is 2.19. The molecule has 3 nitrogen and oxygen atoms in total. The van der Waals surface area contributed by atoms with Gasteiger partial charge in [0.25, 0.3) is 0 Å². The molecule has 0 heterocycles. The Morgan fingerprint density at radius 3 is 0.917 bits per heavy atom. The normalized spacial score (nSPS) is 13.0. The lowest BCUT2D eigenvalue weighted by Crippen LogP contribution is -2.24. The number of unbranched alkanes of at least 4 members (excludes halogenated alkanes) is 18. The van der Waals surface area contributed by atoms with E-state index in [1.54, 1.807) is 0 Å². The van der Waals surface area contributed by atoms with Crippen LogP contribution >= 0.6 is 0 Å². The minimum Gasteiger partial charge on any atom is -0.431 e. The molecule has 0 aliphatic carbocycles. The molecular weight excluding hydrogens is 444 g/mol. The van der Waals surface area contributed by atoms with Crippen LogP contribution < -0.4 is 0 Å². The summed E-state index contributed by atoms with van der Waals surface area (Å²) in [6.45, 7) is 9.00. The number of carbonyl (C=O) groups excluding carboxylic acids is 1. The monoisotopic (exact) mass is 511 g/mol. The largest absolute Gasteiger partial charge is 0.508 e. The van der Waals surface area contributed by atoms with Crippen molar-refractivity contribution in [3.63, 3.8) is 0 Å². The van der Waals surface area contributed by atoms with Crippen molar-refractivity contribution in [3.05, 3.63) is 0 Å². The number of carbonyl (C=O) groups is 1. The fraction of sp³-hybridized carbons (Fsp3) is 0.970. The lowest BCUT2D eigenvalue weighted by molar-refractivity contribution is -0.0121. The summed E-state index contributed by atoms with van der Waals surface area (Å²) in [5.41, 5.74) is 0. The van der Waals surface area contributed by atoms with Gasteiger partial charge in [0.2, 0.25) is 0 Å². The molecule has 2 unspecified atom stereocenters. The first-order valence-corrected chi connectivity index (χ1v) is 16.5. The van der Waals surface area contributed by atoms with Crippen molar-refractivity contribution in [2.75, 3.05) is 0 Å². The fourth-order valence-electron chi connectivity index (χ4n) is 5.08. The predicted octanol–water partition coefficient (Wildman–Crippen LogP) is 12.1. The molecule has 2 atom stereocenters. The summed E-state index contributed by atoms with van der Waals surface area (Å²) in [4.78, 5) is 12.8. The molecule has 0 aliphatic rings. The Hall–Kier alpha value is -0.730. The molecule has 0 aliphatic heterocycles. The van der Waals surface area contributed by atoms with Gasteiger partial charge in [-0.25, -0.2) is 4.79 Å². The van der Waals surface area contributed by atoms with Gasteiger partial charge >= 0.3 is 6.16 Å². The van der Waals surface area contributed by atoms with Crippen LogP contribution in [-0.4, -0.2) is 18.4 Å². The quantitative estimate of drug-likeness (QED) is 0.0775. The predicted molar refractivity (Wildman–Crippen MR) is 158 cm³/mol. The summed E-state index contributed by atoms with van der Waals surface area (Å²) >= 11 is 0. The lowest BCUT2D eigenvalue weighted by Gasteiger charge is -2.21. The van der Waals surface area contributed by atoms with Gasteiger partial charge < -0.3 is 9.47 Å². The number of rotatable bonds is 28. The summed E-state index contributed by atoms with van der Waals surface area (Å²) in [6.07, 6.45) is 31.7. The highest BCUT2D eigenvalue weighted by molar-refractivity contribution is 5.60. The molecule has 0 saturated carbocycles. The zero-order chi connectivity index (χ0) is 26.5. The third-order valence-corrected chi connectivity index (χ3v) is 7.54.